The molecule has 0 radical (unpaired) electrons. The fourth-order valence-corrected chi connectivity index (χ4v) is 5.05. The van der Waals surface area contributed by atoms with Gasteiger partial charge in [0.25, 0.3) is 5.91 Å². The Morgan fingerprint density at radius 3 is 2.43 bits per heavy atom. The summed E-state index contributed by atoms with van der Waals surface area (Å²) in [6, 6.07) is 20.1. The van der Waals surface area contributed by atoms with Gasteiger partial charge in [-0.25, -0.2) is 4.98 Å². The minimum atomic E-state index is -0.923. The molecule has 0 spiro atoms. The number of nitrogens with one attached hydrogen (secondary N) is 1. The first-order valence-corrected chi connectivity index (χ1v) is 12.7. The van der Waals surface area contributed by atoms with Crippen LogP contribution in [0.25, 0.3) is 10.8 Å². The second-order valence-corrected chi connectivity index (χ2v) is 9.28. The van der Waals surface area contributed by atoms with Crippen molar-refractivity contribution in [3.8, 4) is 5.75 Å². The highest BCUT2D eigenvalue weighted by atomic mass is 16.5. The van der Waals surface area contributed by atoms with Gasteiger partial charge in [-0.15, -0.1) is 0 Å². The van der Waals surface area contributed by atoms with Crippen molar-refractivity contribution in [3.63, 3.8) is 0 Å². The van der Waals surface area contributed by atoms with Crippen LogP contribution in [0.1, 0.15) is 54.2 Å². The normalized spacial score (nSPS) is 14.6. The Morgan fingerprint density at radius 1 is 0.946 bits per heavy atom. The van der Waals surface area contributed by atoms with Gasteiger partial charge in [-0.3, -0.25) is 19.5 Å². The Bertz CT molecular complexity index is 1360. The monoisotopic (exact) mass is 494 g/mol. The van der Waals surface area contributed by atoms with Crippen LogP contribution >= 0.6 is 0 Å². The van der Waals surface area contributed by atoms with Crippen LogP contribution < -0.4 is 15.0 Å². The number of ether oxygens (including phenoxy) is 1. The molecule has 1 unspecified atom stereocenters. The molecule has 2 amide bonds. The van der Waals surface area contributed by atoms with Crippen LogP contribution in [0.3, 0.4) is 0 Å². The van der Waals surface area contributed by atoms with Crippen molar-refractivity contribution in [3.05, 3.63) is 96.6 Å². The van der Waals surface area contributed by atoms with E-state index in [1.165, 1.54) is 25.0 Å². The summed E-state index contributed by atoms with van der Waals surface area (Å²) >= 11 is 0. The molecule has 1 fully saturated rings. The third-order valence-corrected chi connectivity index (χ3v) is 6.92. The molecule has 7 nitrogen and oxygen atoms in total. The van der Waals surface area contributed by atoms with Crippen LogP contribution in [-0.4, -0.2) is 34.9 Å². The summed E-state index contributed by atoms with van der Waals surface area (Å²) in [4.78, 5) is 38.2. The van der Waals surface area contributed by atoms with E-state index in [1.54, 1.807) is 12.0 Å². The average molecular weight is 495 g/mol. The summed E-state index contributed by atoms with van der Waals surface area (Å²) in [5.74, 6) is 0.0541. The zero-order chi connectivity index (χ0) is 25.6. The summed E-state index contributed by atoms with van der Waals surface area (Å²) in [5, 5.41) is 5.09. The number of anilines is 1. The van der Waals surface area contributed by atoms with Gasteiger partial charge in [0.15, 0.2) is 0 Å². The molecule has 1 atom stereocenters. The van der Waals surface area contributed by atoms with E-state index in [-0.39, 0.29) is 17.6 Å². The van der Waals surface area contributed by atoms with E-state index in [4.69, 9.17) is 4.74 Å². The molecule has 1 heterocycles. The Morgan fingerprint density at radius 2 is 1.70 bits per heavy atom. The molecule has 1 N–H and O–H groups in total. The molecule has 1 saturated carbocycles. The molecule has 37 heavy (non-hydrogen) atoms. The van der Waals surface area contributed by atoms with Gasteiger partial charge in [0.05, 0.1) is 19.0 Å². The van der Waals surface area contributed by atoms with Crippen molar-refractivity contribution >= 4 is 28.3 Å². The molecule has 0 bridgehead atoms. The highest BCUT2D eigenvalue weighted by Gasteiger charge is 2.36. The number of nitrogens with zero attached hydrogens (tertiary/aromatic N) is 3. The van der Waals surface area contributed by atoms with Crippen molar-refractivity contribution in [1.82, 2.24) is 15.3 Å². The first-order valence-electron chi connectivity index (χ1n) is 12.7. The van der Waals surface area contributed by atoms with E-state index in [0.29, 0.717) is 17.0 Å². The number of amides is 2. The van der Waals surface area contributed by atoms with Crippen molar-refractivity contribution in [2.45, 2.75) is 44.2 Å². The number of carbonyl (C=O) groups excluding carboxylic acids is 2. The summed E-state index contributed by atoms with van der Waals surface area (Å²) in [7, 11) is 1.60. The lowest BCUT2D eigenvalue weighted by Gasteiger charge is -2.34. The molecule has 0 saturated heterocycles. The lowest BCUT2D eigenvalue weighted by atomic mass is 9.94. The largest absolute Gasteiger partial charge is 0.497 e. The summed E-state index contributed by atoms with van der Waals surface area (Å²) < 4.78 is 5.35. The van der Waals surface area contributed by atoms with Gasteiger partial charge in [0.1, 0.15) is 17.5 Å². The van der Waals surface area contributed by atoms with Gasteiger partial charge in [0.2, 0.25) is 5.91 Å². The van der Waals surface area contributed by atoms with Crippen LogP contribution in [0.15, 0.2) is 85.3 Å². The van der Waals surface area contributed by atoms with Crippen LogP contribution in [-0.2, 0) is 4.79 Å². The fraction of sp³-hybridized carbons (Fsp3) is 0.267. The van der Waals surface area contributed by atoms with Gasteiger partial charge in [-0.1, -0.05) is 67.8 Å². The second-order valence-electron chi connectivity index (χ2n) is 9.28. The number of rotatable bonds is 7. The summed E-state index contributed by atoms with van der Waals surface area (Å²) in [6.07, 6.45) is 9.68. The van der Waals surface area contributed by atoms with E-state index in [2.05, 4.69) is 15.3 Å². The predicted molar refractivity (Wildman–Crippen MR) is 144 cm³/mol. The highest BCUT2D eigenvalue weighted by Crippen LogP contribution is 2.35. The minimum Gasteiger partial charge on any atom is -0.497 e. The Labute approximate surface area is 216 Å². The number of carbonyl (C=O) groups is 2. The molecule has 5 rings (SSSR count). The van der Waals surface area contributed by atoms with Gasteiger partial charge >= 0.3 is 0 Å². The zero-order valence-electron chi connectivity index (χ0n) is 20.8. The molecule has 7 heteroatoms. The molecule has 3 aromatic carbocycles. The first kappa shape index (κ1) is 24.4. The Hall–Kier alpha value is -4.26. The summed E-state index contributed by atoms with van der Waals surface area (Å²) in [5.41, 5.74) is 1.48. The lowest BCUT2D eigenvalue weighted by Crippen LogP contribution is -2.47. The van der Waals surface area contributed by atoms with Crippen LogP contribution in [0.5, 0.6) is 5.75 Å². The third-order valence-electron chi connectivity index (χ3n) is 6.92. The van der Waals surface area contributed by atoms with Gasteiger partial charge < -0.3 is 10.1 Å². The number of aromatic nitrogens is 2. The molecule has 4 aromatic rings. The third kappa shape index (κ3) is 5.31. The van der Waals surface area contributed by atoms with E-state index in [0.717, 1.165) is 36.5 Å². The minimum absolute atomic E-state index is 0.0861. The van der Waals surface area contributed by atoms with Crippen LogP contribution in [0.2, 0.25) is 0 Å². The second kappa shape index (κ2) is 11.2. The standard InChI is InChI=1S/C30H30N4O3/c1-37-24-16-14-22(15-17-24)28(29(35)33-23-10-3-2-4-11-23)34(30(36)26-20-31-18-19-32-26)27-13-7-9-21-8-5-6-12-25(21)27/h5-9,12-20,23,28H,2-4,10-11H2,1H3,(H,33,35). The molecular weight excluding hydrogens is 464 g/mol. The van der Waals surface area contributed by atoms with Crippen LogP contribution in [0.4, 0.5) is 5.69 Å². The molecule has 1 aromatic heterocycles. The van der Waals surface area contributed by atoms with Crippen molar-refractivity contribution < 1.29 is 14.3 Å². The molecule has 0 aliphatic heterocycles. The van der Waals surface area contributed by atoms with Gasteiger partial charge in [-0.05, 0) is 42.0 Å². The van der Waals surface area contributed by atoms with Crippen LogP contribution in [0, 0.1) is 0 Å². The van der Waals surface area contributed by atoms with Gasteiger partial charge in [-0.2, -0.15) is 0 Å². The number of benzene rings is 3. The maximum absolute atomic E-state index is 14.1. The maximum Gasteiger partial charge on any atom is 0.279 e. The lowest BCUT2D eigenvalue weighted by molar-refractivity contribution is -0.123. The van der Waals surface area contributed by atoms with Gasteiger partial charge in [0, 0.05) is 23.8 Å². The highest BCUT2D eigenvalue weighted by molar-refractivity contribution is 6.13. The number of hydrogen-bond donors (Lipinski definition) is 1. The van der Waals surface area contributed by atoms with Crippen molar-refractivity contribution in [2.24, 2.45) is 0 Å². The maximum atomic E-state index is 14.1. The fourth-order valence-electron chi connectivity index (χ4n) is 5.05. The van der Waals surface area contributed by atoms with E-state index >= 15 is 0 Å². The Kier molecular flexibility index (Phi) is 7.40. The topological polar surface area (TPSA) is 84.4 Å². The smallest absolute Gasteiger partial charge is 0.279 e. The van der Waals surface area contributed by atoms with Crippen molar-refractivity contribution in [1.29, 1.82) is 0 Å². The molecule has 1 aliphatic carbocycles. The molecule has 188 valence electrons. The number of methoxy groups -OCH3 is 1. The van der Waals surface area contributed by atoms with E-state index in [9.17, 15) is 9.59 Å². The molecule has 1 aliphatic rings. The number of hydrogen-bond acceptors (Lipinski definition) is 5. The zero-order valence-corrected chi connectivity index (χ0v) is 20.8. The quantitative estimate of drug-likeness (QED) is 0.368. The van der Waals surface area contributed by atoms with Crippen molar-refractivity contribution in [2.75, 3.05) is 12.0 Å². The van der Waals surface area contributed by atoms with E-state index < -0.39 is 11.9 Å². The first-order chi connectivity index (χ1) is 18.2. The molecular formula is C30H30N4O3. The summed E-state index contributed by atoms with van der Waals surface area (Å²) in [6.45, 7) is 0. The average Bonchev–Trinajstić information content (AvgIpc) is 2.96. The predicted octanol–water partition coefficient (Wildman–Crippen LogP) is 5.48. The number of fused-ring (bicyclic) bond motifs is 1. The van der Waals surface area contributed by atoms with E-state index in [1.807, 2.05) is 66.7 Å². The SMILES string of the molecule is COc1ccc(C(C(=O)NC2CCCCC2)N(C(=O)c2cnccn2)c2cccc3ccccc23)cc1. The Balaban J connectivity index is 1.67.